The number of amides is 1. The van der Waals surface area contributed by atoms with Gasteiger partial charge in [0.1, 0.15) is 18.1 Å². The molecule has 14 heteroatoms. The van der Waals surface area contributed by atoms with Crippen LogP contribution in [0.5, 0.6) is 5.75 Å². The van der Waals surface area contributed by atoms with E-state index < -0.39 is 0 Å². The number of halogens is 1. The SMILES string of the molecule is CCn1ncc2c3c(NCc4ccc(OC)c(Cl)c4)nnc(-n4cnc(NC(=O)C5CCCN5N)c4)c3cnc21. The van der Waals surface area contributed by atoms with Gasteiger partial charge in [-0.15, -0.1) is 10.2 Å². The number of fused-ring (bicyclic) bond motifs is 3. The molecule has 1 aromatic carbocycles. The van der Waals surface area contributed by atoms with Crippen LogP contribution in [0, 0.1) is 0 Å². The standard InChI is InChI=1S/C26H28ClN11O2/c1-3-38-24-17(12-32-38)22-16(11-30-24)25(35-34-23(22)29-10-15-6-7-20(40-2)18(27)9-15)36-13-21(31-14-36)33-26(39)19-5-4-8-37(19)28/h6-7,9,11-14,19H,3-5,8,10,28H2,1-2H3,(H,29,34)(H,33,39). The van der Waals surface area contributed by atoms with Crippen LogP contribution in [0.3, 0.4) is 0 Å². The quantitative estimate of drug-likeness (QED) is 0.241. The van der Waals surface area contributed by atoms with Gasteiger partial charge in [0, 0.05) is 36.6 Å². The first-order valence-corrected chi connectivity index (χ1v) is 13.3. The fraction of sp³-hybridized carbons (Fsp3) is 0.308. The number of hydrogen-bond acceptors (Lipinski definition) is 10. The van der Waals surface area contributed by atoms with Gasteiger partial charge in [-0.2, -0.15) is 5.10 Å². The van der Waals surface area contributed by atoms with Crippen LogP contribution in [0.1, 0.15) is 25.3 Å². The number of nitrogens with two attached hydrogens (primary N) is 1. The molecule has 0 spiro atoms. The van der Waals surface area contributed by atoms with Gasteiger partial charge in [0.15, 0.2) is 23.1 Å². The molecule has 1 fully saturated rings. The monoisotopic (exact) mass is 561 g/mol. The predicted octanol–water partition coefficient (Wildman–Crippen LogP) is 3.13. The molecule has 1 aliphatic rings. The second-order valence-electron chi connectivity index (χ2n) is 9.49. The molecule has 1 amide bonds. The van der Waals surface area contributed by atoms with Crippen molar-refractivity contribution >= 4 is 50.9 Å². The second-order valence-corrected chi connectivity index (χ2v) is 9.90. The van der Waals surface area contributed by atoms with Gasteiger partial charge in [-0.1, -0.05) is 17.7 Å². The lowest BCUT2D eigenvalue weighted by atomic mass is 10.1. The highest BCUT2D eigenvalue weighted by molar-refractivity contribution is 6.32. The number of nitrogens with zero attached hydrogens (tertiary/aromatic N) is 8. The van der Waals surface area contributed by atoms with E-state index >= 15 is 0 Å². The summed E-state index contributed by atoms with van der Waals surface area (Å²) in [5.74, 6) is 7.85. The Labute approximate surface area is 234 Å². The molecule has 4 aromatic heterocycles. The summed E-state index contributed by atoms with van der Waals surface area (Å²) in [5.41, 5.74) is 1.69. The number of benzene rings is 1. The van der Waals surface area contributed by atoms with Crippen molar-refractivity contribution in [3.8, 4) is 11.6 Å². The average molecular weight is 562 g/mol. The van der Waals surface area contributed by atoms with Gasteiger partial charge in [0.05, 0.1) is 29.9 Å². The van der Waals surface area contributed by atoms with Crippen molar-refractivity contribution < 1.29 is 9.53 Å². The van der Waals surface area contributed by atoms with Crippen LogP contribution in [-0.2, 0) is 17.9 Å². The smallest absolute Gasteiger partial charge is 0.244 e. The minimum absolute atomic E-state index is 0.185. The van der Waals surface area contributed by atoms with Gasteiger partial charge in [-0.3, -0.25) is 15.2 Å². The summed E-state index contributed by atoms with van der Waals surface area (Å²) < 4.78 is 8.80. The highest BCUT2D eigenvalue weighted by Crippen LogP contribution is 2.32. The highest BCUT2D eigenvalue weighted by Gasteiger charge is 2.29. The summed E-state index contributed by atoms with van der Waals surface area (Å²) in [6.45, 7) is 3.83. The van der Waals surface area contributed by atoms with Crippen LogP contribution >= 0.6 is 11.6 Å². The van der Waals surface area contributed by atoms with Crippen LogP contribution in [0.2, 0.25) is 5.02 Å². The molecule has 0 aliphatic carbocycles. The van der Waals surface area contributed by atoms with Crippen molar-refractivity contribution in [2.24, 2.45) is 5.84 Å². The number of rotatable bonds is 8. The van der Waals surface area contributed by atoms with Crippen molar-refractivity contribution in [3.05, 3.63) is 53.7 Å². The third-order valence-electron chi connectivity index (χ3n) is 7.04. The Morgan fingerprint density at radius 3 is 2.85 bits per heavy atom. The Balaban J connectivity index is 1.36. The van der Waals surface area contributed by atoms with E-state index in [1.807, 2.05) is 29.8 Å². The number of aryl methyl sites for hydroxylation is 1. The van der Waals surface area contributed by atoms with Crippen molar-refractivity contribution in [1.29, 1.82) is 0 Å². The van der Waals surface area contributed by atoms with E-state index in [2.05, 4.69) is 35.9 Å². The Morgan fingerprint density at radius 2 is 2.10 bits per heavy atom. The zero-order valence-electron chi connectivity index (χ0n) is 22.0. The zero-order chi connectivity index (χ0) is 27.8. The maximum Gasteiger partial charge on any atom is 0.244 e. The molecule has 13 nitrogen and oxygen atoms in total. The molecule has 5 heterocycles. The first-order valence-electron chi connectivity index (χ1n) is 12.9. The first kappa shape index (κ1) is 25.9. The summed E-state index contributed by atoms with van der Waals surface area (Å²) in [6.07, 6.45) is 8.42. The van der Waals surface area contributed by atoms with Gasteiger partial charge >= 0.3 is 0 Å². The Morgan fingerprint density at radius 1 is 1.23 bits per heavy atom. The van der Waals surface area contributed by atoms with Crippen molar-refractivity contribution in [2.75, 3.05) is 24.3 Å². The number of nitrogens with one attached hydrogen (secondary N) is 2. The number of ether oxygens (including phenoxy) is 1. The molecule has 0 bridgehead atoms. The third-order valence-corrected chi connectivity index (χ3v) is 7.34. The van der Waals surface area contributed by atoms with E-state index in [-0.39, 0.29) is 11.9 Å². The van der Waals surface area contributed by atoms with E-state index in [1.165, 1.54) is 0 Å². The summed E-state index contributed by atoms with van der Waals surface area (Å²) in [5, 5.41) is 24.3. The van der Waals surface area contributed by atoms with Crippen LogP contribution < -0.4 is 21.2 Å². The molecule has 0 saturated carbocycles. The molecule has 1 unspecified atom stereocenters. The molecule has 5 aromatic rings. The van der Waals surface area contributed by atoms with Crippen LogP contribution in [0.25, 0.3) is 27.6 Å². The van der Waals surface area contributed by atoms with Gasteiger partial charge in [0.2, 0.25) is 5.91 Å². The zero-order valence-corrected chi connectivity index (χ0v) is 22.8. The van der Waals surface area contributed by atoms with E-state index in [9.17, 15) is 4.79 Å². The molecule has 40 heavy (non-hydrogen) atoms. The molecular formula is C26H28ClN11O2. The summed E-state index contributed by atoms with van der Waals surface area (Å²) in [4.78, 5) is 21.7. The minimum Gasteiger partial charge on any atom is -0.495 e. The Kier molecular flexibility index (Phi) is 6.92. The number of carbonyl (C=O) groups is 1. The average Bonchev–Trinajstić information content (AvgIpc) is 3.71. The summed E-state index contributed by atoms with van der Waals surface area (Å²) in [6, 6.07) is 5.24. The Bertz CT molecular complexity index is 1720. The third kappa shape index (κ3) is 4.68. The van der Waals surface area contributed by atoms with E-state index in [4.69, 9.17) is 22.2 Å². The number of hydrogen-bond donors (Lipinski definition) is 3. The van der Waals surface area contributed by atoms with E-state index in [1.54, 1.807) is 41.6 Å². The van der Waals surface area contributed by atoms with Gasteiger partial charge in [-0.25, -0.2) is 19.7 Å². The number of hydrazine groups is 1. The number of aromatic nitrogens is 7. The van der Waals surface area contributed by atoms with Crippen LogP contribution in [0.15, 0.2) is 43.1 Å². The fourth-order valence-electron chi connectivity index (χ4n) is 4.99. The second kappa shape index (κ2) is 10.7. The number of pyridine rings is 1. The molecule has 4 N–H and O–H groups in total. The van der Waals surface area contributed by atoms with E-state index in [0.717, 1.165) is 33.8 Å². The number of anilines is 2. The van der Waals surface area contributed by atoms with Gasteiger partial charge in [-0.05, 0) is 37.5 Å². The lowest BCUT2D eigenvalue weighted by Gasteiger charge is -2.17. The lowest BCUT2D eigenvalue weighted by molar-refractivity contribution is -0.120. The summed E-state index contributed by atoms with van der Waals surface area (Å²) >= 11 is 6.33. The minimum atomic E-state index is -0.371. The van der Waals surface area contributed by atoms with Crippen molar-refractivity contribution in [3.63, 3.8) is 0 Å². The Hall–Kier alpha value is -4.33. The maximum atomic E-state index is 12.7. The van der Waals surface area contributed by atoms with Gasteiger partial charge < -0.3 is 15.4 Å². The largest absolute Gasteiger partial charge is 0.495 e. The predicted molar refractivity (Wildman–Crippen MR) is 151 cm³/mol. The topological polar surface area (TPSA) is 154 Å². The molecule has 0 radical (unpaired) electrons. The van der Waals surface area contributed by atoms with Crippen molar-refractivity contribution in [2.45, 2.75) is 38.9 Å². The van der Waals surface area contributed by atoms with E-state index in [0.29, 0.717) is 54.3 Å². The number of methoxy groups -OCH3 is 1. The van der Waals surface area contributed by atoms with Crippen LogP contribution in [0.4, 0.5) is 11.6 Å². The first-order chi connectivity index (χ1) is 19.5. The van der Waals surface area contributed by atoms with Crippen molar-refractivity contribution in [1.82, 2.24) is 39.5 Å². The molecule has 1 aliphatic heterocycles. The molecule has 1 atom stereocenters. The summed E-state index contributed by atoms with van der Waals surface area (Å²) in [7, 11) is 1.58. The number of carbonyl (C=O) groups excluding carboxylic acids is 1. The highest BCUT2D eigenvalue weighted by atomic mass is 35.5. The molecule has 6 rings (SSSR count). The molecular weight excluding hydrogens is 534 g/mol. The number of imidazole rings is 1. The van der Waals surface area contributed by atoms with Gasteiger partial charge in [0.25, 0.3) is 0 Å². The fourth-order valence-corrected chi connectivity index (χ4v) is 5.27. The molecule has 206 valence electrons. The lowest BCUT2D eigenvalue weighted by Crippen LogP contribution is -2.43. The normalized spacial score (nSPS) is 15.7. The maximum absolute atomic E-state index is 12.7. The van der Waals surface area contributed by atoms with Crippen LogP contribution in [-0.4, -0.2) is 65.1 Å². The molecule has 1 saturated heterocycles.